The molecule has 43 heavy (non-hydrogen) atoms. The second kappa shape index (κ2) is 10.5. The van der Waals surface area contributed by atoms with Gasteiger partial charge in [-0.05, 0) is 66.1 Å². The van der Waals surface area contributed by atoms with Crippen LogP contribution in [-0.4, -0.2) is 40.9 Å². The predicted molar refractivity (Wildman–Crippen MR) is 164 cm³/mol. The molecule has 2 aliphatic rings. The first-order chi connectivity index (χ1) is 20.9. The summed E-state index contributed by atoms with van der Waals surface area (Å²) < 4.78 is 5.50. The van der Waals surface area contributed by atoms with Gasteiger partial charge in [-0.3, -0.25) is 14.5 Å². The lowest BCUT2D eigenvalue weighted by Gasteiger charge is -2.36. The average molecular weight is 571 g/mol. The van der Waals surface area contributed by atoms with Crippen LogP contribution in [0.15, 0.2) is 97.1 Å². The number of anilines is 1. The summed E-state index contributed by atoms with van der Waals surface area (Å²) in [4.78, 5) is 47.4. The van der Waals surface area contributed by atoms with Gasteiger partial charge < -0.3 is 15.0 Å². The third kappa shape index (κ3) is 4.52. The minimum absolute atomic E-state index is 0.230. The van der Waals surface area contributed by atoms with Crippen molar-refractivity contribution in [2.45, 2.75) is 32.0 Å². The van der Waals surface area contributed by atoms with Crippen molar-refractivity contribution < 1.29 is 19.1 Å². The minimum atomic E-state index is -0.673. The molecule has 4 aromatic carbocycles. The van der Waals surface area contributed by atoms with E-state index in [1.807, 2.05) is 79.7 Å². The Morgan fingerprint density at radius 3 is 2.49 bits per heavy atom. The van der Waals surface area contributed by atoms with Crippen LogP contribution < -0.4 is 15.0 Å². The quantitative estimate of drug-likeness (QED) is 0.249. The van der Waals surface area contributed by atoms with Crippen molar-refractivity contribution in [2.24, 2.45) is 0 Å². The van der Waals surface area contributed by atoms with E-state index >= 15 is 0 Å². The van der Waals surface area contributed by atoms with Crippen LogP contribution in [0, 0.1) is 6.92 Å². The number of imide groups is 1. The molecule has 1 aromatic heterocycles. The average Bonchev–Trinajstić information content (AvgIpc) is 3.53. The summed E-state index contributed by atoms with van der Waals surface area (Å²) >= 11 is 0. The molecular weight excluding hydrogens is 540 g/mol. The van der Waals surface area contributed by atoms with E-state index in [0.29, 0.717) is 30.0 Å². The second-order valence-electron chi connectivity index (χ2n) is 11.0. The van der Waals surface area contributed by atoms with Crippen LogP contribution >= 0.6 is 0 Å². The lowest BCUT2D eigenvalue weighted by Crippen LogP contribution is -2.44. The molecule has 8 heteroatoms. The van der Waals surface area contributed by atoms with E-state index < -0.39 is 18.1 Å². The normalized spacial score (nSPS) is 17.6. The fourth-order valence-electron chi connectivity index (χ4n) is 6.22. The van der Waals surface area contributed by atoms with Crippen molar-refractivity contribution in [3.63, 3.8) is 0 Å². The molecule has 0 aliphatic carbocycles. The van der Waals surface area contributed by atoms with Gasteiger partial charge >= 0.3 is 6.03 Å². The zero-order chi connectivity index (χ0) is 29.7. The topological polar surface area (TPSA) is 94.7 Å². The predicted octanol–water partition coefficient (Wildman–Crippen LogP) is 5.90. The number of urea groups is 1. The van der Waals surface area contributed by atoms with E-state index in [1.54, 1.807) is 36.3 Å². The van der Waals surface area contributed by atoms with Gasteiger partial charge in [-0.2, -0.15) is 0 Å². The molecule has 0 radical (unpaired) electrons. The van der Waals surface area contributed by atoms with Gasteiger partial charge in [-0.15, -0.1) is 0 Å². The SMILES string of the molecule is COc1cccc(C2c3[nH]c4ccccc4c3CC3C(=O)N(c4ccc(C(=O)NCc5ccc(C)cc5)cc4)C(=O)N32)c1. The fourth-order valence-corrected chi connectivity index (χ4v) is 6.22. The van der Waals surface area contributed by atoms with Gasteiger partial charge in [0.2, 0.25) is 0 Å². The number of hydrogen-bond acceptors (Lipinski definition) is 4. The lowest BCUT2D eigenvalue weighted by atomic mass is 9.89. The molecular formula is C35H30N4O4. The molecule has 1 saturated heterocycles. The van der Waals surface area contributed by atoms with Crippen molar-refractivity contribution in [1.82, 2.24) is 15.2 Å². The maximum absolute atomic E-state index is 14.1. The first-order valence-electron chi connectivity index (χ1n) is 14.3. The Morgan fingerprint density at radius 1 is 0.953 bits per heavy atom. The largest absolute Gasteiger partial charge is 0.497 e. The van der Waals surface area contributed by atoms with Gasteiger partial charge in [0, 0.05) is 35.1 Å². The van der Waals surface area contributed by atoms with E-state index in [4.69, 9.17) is 4.74 Å². The van der Waals surface area contributed by atoms with Crippen LogP contribution in [0.5, 0.6) is 5.75 Å². The molecule has 7 rings (SSSR count). The maximum Gasteiger partial charge on any atom is 0.332 e. The number of H-pyrrole nitrogens is 1. The van der Waals surface area contributed by atoms with E-state index in [9.17, 15) is 14.4 Å². The summed E-state index contributed by atoms with van der Waals surface area (Å²) in [6.45, 7) is 2.42. The highest BCUT2D eigenvalue weighted by molar-refractivity contribution is 6.22. The number of amides is 4. The van der Waals surface area contributed by atoms with E-state index in [-0.39, 0.29) is 11.8 Å². The van der Waals surface area contributed by atoms with Gasteiger partial charge in [0.25, 0.3) is 11.8 Å². The molecule has 4 amide bonds. The van der Waals surface area contributed by atoms with E-state index in [0.717, 1.165) is 38.9 Å². The van der Waals surface area contributed by atoms with Gasteiger partial charge in [-0.1, -0.05) is 60.2 Å². The number of rotatable bonds is 6. The Hall–Kier alpha value is -5.37. The van der Waals surface area contributed by atoms with Crippen LogP contribution in [0.3, 0.4) is 0 Å². The number of para-hydroxylation sites is 1. The molecule has 0 bridgehead atoms. The van der Waals surface area contributed by atoms with E-state index in [1.165, 1.54) is 4.90 Å². The first kappa shape index (κ1) is 26.5. The standard InChI is InChI=1S/C35H30N4O4/c1-21-10-12-22(13-11-21)20-36-33(40)23-14-16-25(17-15-23)38-34(41)30-19-28-27-8-3-4-9-29(27)37-31(28)32(39(30)35(38)42)24-6-5-7-26(18-24)43-2/h3-18,30,32,37H,19-20H2,1-2H3,(H,36,40). The summed E-state index contributed by atoms with van der Waals surface area (Å²) in [6, 6.07) is 28.6. The number of aryl methyl sites for hydroxylation is 1. The number of aromatic nitrogens is 1. The van der Waals surface area contributed by atoms with Gasteiger partial charge in [0.05, 0.1) is 12.8 Å². The summed E-state index contributed by atoms with van der Waals surface area (Å²) in [7, 11) is 1.61. The van der Waals surface area contributed by atoms with Crippen molar-refractivity contribution >= 4 is 34.4 Å². The molecule has 214 valence electrons. The molecule has 2 unspecified atom stereocenters. The monoisotopic (exact) mass is 570 g/mol. The number of benzene rings is 4. The van der Waals surface area contributed by atoms with Crippen LogP contribution in [0.1, 0.15) is 44.3 Å². The molecule has 0 saturated carbocycles. The zero-order valence-corrected chi connectivity index (χ0v) is 23.8. The van der Waals surface area contributed by atoms with E-state index in [2.05, 4.69) is 10.3 Å². The number of carbonyl (C=O) groups excluding carboxylic acids is 3. The third-order valence-corrected chi connectivity index (χ3v) is 8.42. The zero-order valence-electron chi connectivity index (χ0n) is 23.8. The molecule has 0 spiro atoms. The van der Waals surface area contributed by atoms with Crippen molar-refractivity contribution in [1.29, 1.82) is 0 Å². The smallest absolute Gasteiger partial charge is 0.332 e. The van der Waals surface area contributed by atoms with Gasteiger partial charge in [0.1, 0.15) is 17.8 Å². The highest BCUT2D eigenvalue weighted by Crippen LogP contribution is 2.45. The van der Waals surface area contributed by atoms with Crippen LogP contribution in [0.4, 0.5) is 10.5 Å². The molecule has 5 aromatic rings. The molecule has 2 N–H and O–H groups in total. The van der Waals surface area contributed by atoms with Crippen molar-refractivity contribution in [3.8, 4) is 5.75 Å². The number of hydrogen-bond donors (Lipinski definition) is 2. The van der Waals surface area contributed by atoms with Gasteiger partial charge in [-0.25, -0.2) is 9.69 Å². The van der Waals surface area contributed by atoms with Crippen molar-refractivity contribution in [2.75, 3.05) is 12.0 Å². The Morgan fingerprint density at radius 2 is 1.72 bits per heavy atom. The summed E-state index contributed by atoms with van der Waals surface area (Å²) in [5.41, 5.74) is 6.78. The van der Waals surface area contributed by atoms with Crippen LogP contribution in [0.2, 0.25) is 0 Å². The highest BCUT2D eigenvalue weighted by atomic mass is 16.5. The second-order valence-corrected chi connectivity index (χ2v) is 11.0. The van der Waals surface area contributed by atoms with Gasteiger partial charge in [0.15, 0.2) is 0 Å². The number of aromatic amines is 1. The first-order valence-corrected chi connectivity index (χ1v) is 14.3. The van der Waals surface area contributed by atoms with Crippen molar-refractivity contribution in [3.05, 3.63) is 131 Å². The fraction of sp³-hybridized carbons (Fsp3) is 0.171. The molecule has 1 fully saturated rings. The molecule has 2 atom stereocenters. The summed E-state index contributed by atoms with van der Waals surface area (Å²) in [6.07, 6.45) is 0.403. The third-order valence-electron chi connectivity index (χ3n) is 8.42. The number of nitrogens with one attached hydrogen (secondary N) is 2. The lowest BCUT2D eigenvalue weighted by molar-refractivity contribution is -0.120. The number of carbonyl (C=O) groups is 3. The summed E-state index contributed by atoms with van der Waals surface area (Å²) in [5.74, 6) is 0.154. The number of methoxy groups -OCH3 is 1. The highest BCUT2D eigenvalue weighted by Gasteiger charge is 2.53. The number of fused-ring (bicyclic) bond motifs is 4. The van der Waals surface area contributed by atoms with Crippen LogP contribution in [0.25, 0.3) is 10.9 Å². The summed E-state index contributed by atoms with van der Waals surface area (Å²) in [5, 5.41) is 3.97. The molecule has 2 aliphatic heterocycles. The number of ether oxygens (including phenoxy) is 1. The Labute approximate surface area is 248 Å². The maximum atomic E-state index is 14.1. The molecule has 8 nitrogen and oxygen atoms in total. The number of nitrogens with zero attached hydrogens (tertiary/aromatic N) is 2. The molecule has 3 heterocycles. The minimum Gasteiger partial charge on any atom is -0.497 e. The van der Waals surface area contributed by atoms with Crippen LogP contribution in [-0.2, 0) is 17.8 Å². The Bertz CT molecular complexity index is 1880. The Kier molecular flexibility index (Phi) is 6.46. The Balaban J connectivity index is 1.20.